The zero-order valence-corrected chi connectivity index (χ0v) is 11.2. The van der Waals surface area contributed by atoms with Gasteiger partial charge in [-0.15, -0.1) is 0 Å². The van der Waals surface area contributed by atoms with E-state index in [1.165, 1.54) is 38.5 Å². The minimum atomic E-state index is 0.830. The molecule has 4 heteroatoms. The molecular formula is C11H21NOS2. The van der Waals surface area contributed by atoms with Crippen LogP contribution in [0.15, 0.2) is 0 Å². The van der Waals surface area contributed by atoms with E-state index >= 15 is 0 Å². The maximum atomic E-state index is 5.49. The predicted octanol–water partition coefficient (Wildman–Crippen LogP) is 3.61. The van der Waals surface area contributed by atoms with Crippen molar-refractivity contribution in [2.24, 2.45) is 0 Å². The Morgan fingerprint density at radius 2 is 2.20 bits per heavy atom. The molecule has 1 saturated heterocycles. The molecule has 0 atom stereocenters. The van der Waals surface area contributed by atoms with Gasteiger partial charge < -0.3 is 0 Å². The molecule has 0 spiro atoms. The second-order valence-corrected chi connectivity index (χ2v) is 5.55. The number of hydrogen-bond donors (Lipinski definition) is 0. The fraction of sp³-hybridized carbons (Fsp3) is 0.909. The van der Waals surface area contributed by atoms with Crippen LogP contribution in [0.1, 0.15) is 45.4 Å². The summed E-state index contributed by atoms with van der Waals surface area (Å²) in [6.45, 7) is 4.04. The van der Waals surface area contributed by atoms with Crippen LogP contribution >= 0.6 is 24.0 Å². The van der Waals surface area contributed by atoms with Crippen molar-refractivity contribution in [1.29, 1.82) is 0 Å². The summed E-state index contributed by atoms with van der Waals surface area (Å²) >= 11 is 7.08. The first-order chi connectivity index (χ1) is 7.34. The predicted molar refractivity (Wildman–Crippen MR) is 71.1 cm³/mol. The van der Waals surface area contributed by atoms with Crippen LogP contribution in [-0.4, -0.2) is 28.3 Å². The molecule has 0 amide bonds. The molecule has 1 heterocycles. The maximum absolute atomic E-state index is 5.49. The minimum Gasteiger partial charge on any atom is -0.272 e. The average molecular weight is 247 g/mol. The van der Waals surface area contributed by atoms with Gasteiger partial charge in [-0.2, -0.15) is 0 Å². The Bertz CT molecular complexity index is 181. The number of thiocarbonyl (C=S) groups is 1. The van der Waals surface area contributed by atoms with E-state index in [0.717, 1.165) is 23.2 Å². The van der Waals surface area contributed by atoms with Gasteiger partial charge in [0, 0.05) is 12.3 Å². The van der Waals surface area contributed by atoms with Crippen LogP contribution in [0, 0.1) is 0 Å². The molecule has 2 nitrogen and oxygen atoms in total. The average Bonchev–Trinajstić information content (AvgIpc) is 2.30. The lowest BCUT2D eigenvalue weighted by Crippen LogP contribution is -2.33. The summed E-state index contributed by atoms with van der Waals surface area (Å²) in [5, 5.41) is 1.89. The number of rotatable bonds is 5. The SMILES string of the molecule is CCCCCCSC(=S)N1CCCCO1. The molecule has 1 aliphatic heterocycles. The second-order valence-electron chi connectivity index (χ2n) is 3.82. The van der Waals surface area contributed by atoms with E-state index in [1.807, 2.05) is 5.06 Å². The molecule has 1 rings (SSSR count). The van der Waals surface area contributed by atoms with Gasteiger partial charge in [0.15, 0.2) is 4.32 Å². The largest absolute Gasteiger partial charge is 0.272 e. The molecule has 0 bridgehead atoms. The van der Waals surface area contributed by atoms with Gasteiger partial charge in [0.2, 0.25) is 0 Å². The Labute approximate surface area is 103 Å². The highest BCUT2D eigenvalue weighted by Crippen LogP contribution is 2.16. The Hall–Kier alpha value is 0.200. The second kappa shape index (κ2) is 8.36. The molecule has 0 radical (unpaired) electrons. The molecule has 0 saturated carbocycles. The topological polar surface area (TPSA) is 12.5 Å². The van der Waals surface area contributed by atoms with Crippen molar-refractivity contribution in [2.75, 3.05) is 18.9 Å². The fourth-order valence-electron chi connectivity index (χ4n) is 1.50. The van der Waals surface area contributed by atoms with E-state index in [4.69, 9.17) is 17.1 Å². The van der Waals surface area contributed by atoms with Crippen LogP contribution in [0.5, 0.6) is 0 Å². The summed E-state index contributed by atoms with van der Waals surface area (Å²) in [4.78, 5) is 5.49. The highest BCUT2D eigenvalue weighted by atomic mass is 32.2. The quantitative estimate of drug-likeness (QED) is 0.543. The highest BCUT2D eigenvalue weighted by molar-refractivity contribution is 8.22. The molecule has 15 heavy (non-hydrogen) atoms. The number of hydroxylamine groups is 2. The number of hydrogen-bond acceptors (Lipinski definition) is 3. The van der Waals surface area contributed by atoms with E-state index in [1.54, 1.807) is 11.8 Å². The number of nitrogens with zero attached hydrogens (tertiary/aromatic N) is 1. The molecule has 0 aromatic rings. The normalized spacial score (nSPS) is 16.7. The van der Waals surface area contributed by atoms with Crippen molar-refractivity contribution in [3.8, 4) is 0 Å². The summed E-state index contributed by atoms with van der Waals surface area (Å²) in [5.74, 6) is 1.14. The third-order valence-electron chi connectivity index (χ3n) is 2.43. The van der Waals surface area contributed by atoms with Crippen molar-refractivity contribution < 1.29 is 4.84 Å². The van der Waals surface area contributed by atoms with Crippen molar-refractivity contribution >= 4 is 28.3 Å². The van der Waals surface area contributed by atoms with Crippen LogP contribution in [0.25, 0.3) is 0 Å². The first-order valence-corrected chi connectivity index (χ1v) is 7.31. The molecular weight excluding hydrogens is 226 g/mol. The third kappa shape index (κ3) is 5.73. The monoisotopic (exact) mass is 247 g/mol. The zero-order chi connectivity index (χ0) is 10.9. The van der Waals surface area contributed by atoms with E-state index in [9.17, 15) is 0 Å². The number of unbranched alkanes of at least 4 members (excludes halogenated alkanes) is 3. The van der Waals surface area contributed by atoms with Gasteiger partial charge in [-0.05, 0) is 19.3 Å². The van der Waals surface area contributed by atoms with E-state index in [0.29, 0.717) is 0 Å². The van der Waals surface area contributed by atoms with Crippen LogP contribution < -0.4 is 0 Å². The van der Waals surface area contributed by atoms with Crippen molar-refractivity contribution in [2.45, 2.75) is 45.4 Å². The van der Waals surface area contributed by atoms with Gasteiger partial charge in [-0.3, -0.25) is 4.84 Å². The summed E-state index contributed by atoms with van der Waals surface area (Å²) in [6.07, 6.45) is 7.61. The van der Waals surface area contributed by atoms with E-state index in [-0.39, 0.29) is 0 Å². The first kappa shape index (κ1) is 13.3. The lowest BCUT2D eigenvalue weighted by molar-refractivity contribution is -0.118. The van der Waals surface area contributed by atoms with Crippen LogP contribution in [-0.2, 0) is 4.84 Å². The molecule has 0 aliphatic carbocycles. The molecule has 0 aromatic heterocycles. The van der Waals surface area contributed by atoms with Crippen molar-refractivity contribution in [3.05, 3.63) is 0 Å². The van der Waals surface area contributed by atoms with Crippen molar-refractivity contribution in [3.63, 3.8) is 0 Å². The maximum Gasteiger partial charge on any atom is 0.160 e. The summed E-state index contributed by atoms with van der Waals surface area (Å²) in [7, 11) is 0. The Morgan fingerprint density at radius 3 is 2.87 bits per heavy atom. The van der Waals surface area contributed by atoms with Gasteiger partial charge in [0.1, 0.15) is 0 Å². The Morgan fingerprint density at radius 1 is 1.33 bits per heavy atom. The molecule has 0 aromatic carbocycles. The van der Waals surface area contributed by atoms with Gasteiger partial charge in [0.25, 0.3) is 0 Å². The molecule has 0 unspecified atom stereocenters. The summed E-state index contributed by atoms with van der Waals surface area (Å²) in [5.41, 5.74) is 0. The fourth-order valence-corrected chi connectivity index (χ4v) is 2.71. The molecule has 1 aliphatic rings. The van der Waals surface area contributed by atoms with Crippen LogP contribution in [0.3, 0.4) is 0 Å². The van der Waals surface area contributed by atoms with Crippen LogP contribution in [0.4, 0.5) is 0 Å². The Kier molecular flexibility index (Phi) is 7.40. The molecule has 88 valence electrons. The van der Waals surface area contributed by atoms with E-state index < -0.39 is 0 Å². The Balaban J connectivity index is 2.02. The standard InChI is InChI=1S/C11H21NOS2/c1-2-3-4-7-10-15-11(14)12-8-5-6-9-13-12/h2-10H2,1H3. The minimum absolute atomic E-state index is 0.830. The smallest absolute Gasteiger partial charge is 0.160 e. The highest BCUT2D eigenvalue weighted by Gasteiger charge is 2.14. The zero-order valence-electron chi connectivity index (χ0n) is 9.54. The van der Waals surface area contributed by atoms with E-state index in [2.05, 4.69) is 6.92 Å². The lowest BCUT2D eigenvalue weighted by atomic mass is 10.2. The van der Waals surface area contributed by atoms with Crippen molar-refractivity contribution in [1.82, 2.24) is 5.06 Å². The van der Waals surface area contributed by atoms with Gasteiger partial charge >= 0.3 is 0 Å². The first-order valence-electron chi connectivity index (χ1n) is 5.92. The van der Waals surface area contributed by atoms with Gasteiger partial charge in [-0.1, -0.05) is 50.2 Å². The number of thioether (sulfide) groups is 1. The van der Waals surface area contributed by atoms with Gasteiger partial charge in [-0.25, -0.2) is 5.06 Å². The molecule has 0 N–H and O–H groups in total. The van der Waals surface area contributed by atoms with Gasteiger partial charge in [0.05, 0.1) is 6.61 Å². The summed E-state index contributed by atoms with van der Waals surface area (Å²) < 4.78 is 0.922. The third-order valence-corrected chi connectivity index (χ3v) is 3.93. The summed E-state index contributed by atoms with van der Waals surface area (Å²) in [6, 6.07) is 0. The van der Waals surface area contributed by atoms with Crippen LogP contribution in [0.2, 0.25) is 0 Å². The molecule has 1 fully saturated rings. The lowest BCUT2D eigenvalue weighted by Gasteiger charge is -2.27.